The summed E-state index contributed by atoms with van der Waals surface area (Å²) in [5.74, 6) is -0.312. The molecule has 1 atom stereocenters. The minimum absolute atomic E-state index is 0.00903. The molecule has 0 saturated carbocycles. The normalized spacial score (nSPS) is 12.8. The van der Waals surface area contributed by atoms with E-state index in [2.05, 4.69) is 10.1 Å². The van der Waals surface area contributed by atoms with Crippen molar-refractivity contribution in [2.24, 2.45) is 0 Å². The second-order valence-electron chi connectivity index (χ2n) is 1.68. The summed E-state index contributed by atoms with van der Waals surface area (Å²) >= 11 is 0. The number of methoxy groups -OCH3 is 1. The molecule has 0 aliphatic rings. The number of nitrogens with one attached hydrogen (secondary N) is 1. The molecule has 0 radical (unpaired) electrons. The first kappa shape index (κ1) is 8.39. The van der Waals surface area contributed by atoms with Crippen LogP contribution in [0.4, 0.5) is 0 Å². The molecule has 9 heavy (non-hydrogen) atoms. The van der Waals surface area contributed by atoms with Crippen LogP contribution in [0.1, 0.15) is 6.92 Å². The summed E-state index contributed by atoms with van der Waals surface area (Å²) in [6, 6.07) is 0. The Labute approximate surface area is 53.8 Å². The molecular weight excluding hydrogens is 122 g/mol. The van der Waals surface area contributed by atoms with Gasteiger partial charge < -0.3 is 15.2 Å². The third-order valence-corrected chi connectivity index (χ3v) is 0.645. The van der Waals surface area contributed by atoms with Gasteiger partial charge in [0, 0.05) is 7.11 Å². The van der Waals surface area contributed by atoms with Crippen LogP contribution in [-0.4, -0.2) is 31.0 Å². The zero-order valence-electron chi connectivity index (χ0n) is 5.55. The minimum Gasteiger partial charge on any atom is -0.375 e. The zero-order valence-corrected chi connectivity index (χ0v) is 5.55. The van der Waals surface area contributed by atoms with Crippen LogP contribution in [0.15, 0.2) is 0 Å². The zero-order chi connectivity index (χ0) is 7.28. The summed E-state index contributed by atoms with van der Waals surface area (Å²) in [6.45, 7) is 1.46. The van der Waals surface area contributed by atoms with Crippen LogP contribution in [0.25, 0.3) is 0 Å². The Morgan fingerprint density at radius 2 is 2.44 bits per heavy atom. The van der Waals surface area contributed by atoms with Gasteiger partial charge in [-0.3, -0.25) is 4.79 Å². The standard InChI is InChI=1S/C5H11NO3/c1-4(7)6-5(8)3-9-2/h4,7H,3H2,1-2H3,(H,6,8). The molecule has 0 spiro atoms. The summed E-state index contributed by atoms with van der Waals surface area (Å²) < 4.78 is 4.48. The van der Waals surface area contributed by atoms with Crippen molar-refractivity contribution in [2.75, 3.05) is 13.7 Å². The van der Waals surface area contributed by atoms with Crippen molar-refractivity contribution < 1.29 is 14.6 Å². The van der Waals surface area contributed by atoms with E-state index in [0.717, 1.165) is 0 Å². The van der Waals surface area contributed by atoms with Crippen molar-refractivity contribution in [1.82, 2.24) is 5.32 Å². The van der Waals surface area contributed by atoms with Gasteiger partial charge in [0.05, 0.1) is 0 Å². The van der Waals surface area contributed by atoms with E-state index in [9.17, 15) is 4.79 Å². The van der Waals surface area contributed by atoms with E-state index in [1.54, 1.807) is 0 Å². The van der Waals surface area contributed by atoms with Crippen molar-refractivity contribution >= 4 is 5.91 Å². The molecule has 0 aromatic heterocycles. The number of carbonyl (C=O) groups is 1. The molecule has 0 fully saturated rings. The van der Waals surface area contributed by atoms with E-state index in [-0.39, 0.29) is 12.5 Å². The Bertz CT molecular complexity index is 92.2. The number of amides is 1. The lowest BCUT2D eigenvalue weighted by Crippen LogP contribution is -2.34. The van der Waals surface area contributed by atoms with Gasteiger partial charge in [-0.1, -0.05) is 0 Å². The molecule has 0 aliphatic carbocycles. The third-order valence-electron chi connectivity index (χ3n) is 0.645. The van der Waals surface area contributed by atoms with Crippen molar-refractivity contribution in [3.05, 3.63) is 0 Å². The number of ether oxygens (including phenoxy) is 1. The summed E-state index contributed by atoms with van der Waals surface area (Å²) in [6.07, 6.45) is -0.798. The monoisotopic (exact) mass is 133 g/mol. The molecule has 1 unspecified atom stereocenters. The highest BCUT2D eigenvalue weighted by Crippen LogP contribution is 1.73. The molecule has 4 nitrogen and oxygen atoms in total. The summed E-state index contributed by atoms with van der Waals surface area (Å²) in [5, 5.41) is 10.8. The SMILES string of the molecule is COCC(=O)NC(C)O. The number of aliphatic hydroxyl groups is 1. The number of aliphatic hydroxyl groups excluding tert-OH is 1. The maximum atomic E-state index is 10.5. The summed E-state index contributed by atoms with van der Waals surface area (Å²) in [7, 11) is 1.42. The quantitative estimate of drug-likeness (QED) is 0.490. The minimum atomic E-state index is -0.798. The van der Waals surface area contributed by atoms with E-state index < -0.39 is 6.23 Å². The fraction of sp³-hybridized carbons (Fsp3) is 0.800. The van der Waals surface area contributed by atoms with Gasteiger partial charge in [0.2, 0.25) is 5.91 Å². The van der Waals surface area contributed by atoms with Crippen molar-refractivity contribution in [3.63, 3.8) is 0 Å². The number of rotatable bonds is 3. The lowest BCUT2D eigenvalue weighted by molar-refractivity contribution is -0.127. The fourth-order valence-electron chi connectivity index (χ4n) is 0.406. The summed E-state index contributed by atoms with van der Waals surface area (Å²) in [5.41, 5.74) is 0. The number of hydrogen-bond donors (Lipinski definition) is 2. The Morgan fingerprint density at radius 3 is 2.78 bits per heavy atom. The molecule has 0 rings (SSSR count). The van der Waals surface area contributed by atoms with Gasteiger partial charge in [-0.2, -0.15) is 0 Å². The fourth-order valence-corrected chi connectivity index (χ4v) is 0.406. The second-order valence-corrected chi connectivity index (χ2v) is 1.68. The van der Waals surface area contributed by atoms with E-state index >= 15 is 0 Å². The van der Waals surface area contributed by atoms with Crippen LogP contribution in [0, 0.1) is 0 Å². The molecule has 54 valence electrons. The van der Waals surface area contributed by atoms with Gasteiger partial charge in [0.1, 0.15) is 12.8 Å². The third kappa shape index (κ3) is 5.26. The highest BCUT2D eigenvalue weighted by molar-refractivity contribution is 5.77. The lowest BCUT2D eigenvalue weighted by atomic mass is 10.6. The Balaban J connectivity index is 3.27. The molecule has 0 aliphatic heterocycles. The van der Waals surface area contributed by atoms with Crippen molar-refractivity contribution in [2.45, 2.75) is 13.2 Å². The van der Waals surface area contributed by atoms with Crippen LogP contribution in [-0.2, 0) is 9.53 Å². The van der Waals surface area contributed by atoms with Gasteiger partial charge in [-0.05, 0) is 6.92 Å². The second kappa shape index (κ2) is 4.29. The van der Waals surface area contributed by atoms with Gasteiger partial charge in [0.25, 0.3) is 0 Å². The van der Waals surface area contributed by atoms with Crippen LogP contribution in [0.2, 0.25) is 0 Å². The Morgan fingerprint density at radius 1 is 1.89 bits per heavy atom. The molecule has 0 saturated heterocycles. The molecule has 4 heteroatoms. The van der Waals surface area contributed by atoms with Crippen molar-refractivity contribution in [1.29, 1.82) is 0 Å². The molecule has 0 bridgehead atoms. The molecule has 2 N–H and O–H groups in total. The molecule has 0 aromatic rings. The van der Waals surface area contributed by atoms with Crippen molar-refractivity contribution in [3.8, 4) is 0 Å². The summed E-state index contributed by atoms with van der Waals surface area (Å²) in [4.78, 5) is 10.5. The van der Waals surface area contributed by atoms with E-state index in [1.165, 1.54) is 14.0 Å². The number of carbonyl (C=O) groups excluding carboxylic acids is 1. The predicted octanol–water partition coefficient (Wildman–Crippen LogP) is -0.913. The number of hydrogen-bond acceptors (Lipinski definition) is 3. The maximum Gasteiger partial charge on any atom is 0.247 e. The average Bonchev–Trinajstić information content (AvgIpc) is 1.63. The smallest absolute Gasteiger partial charge is 0.247 e. The van der Waals surface area contributed by atoms with Gasteiger partial charge in [0.15, 0.2) is 0 Å². The lowest BCUT2D eigenvalue weighted by Gasteiger charge is -2.05. The van der Waals surface area contributed by atoms with Gasteiger partial charge >= 0.3 is 0 Å². The van der Waals surface area contributed by atoms with Crippen LogP contribution in [0.5, 0.6) is 0 Å². The molecule has 0 aromatic carbocycles. The van der Waals surface area contributed by atoms with E-state index in [4.69, 9.17) is 5.11 Å². The average molecular weight is 133 g/mol. The molecule has 0 heterocycles. The maximum absolute atomic E-state index is 10.5. The van der Waals surface area contributed by atoms with Gasteiger partial charge in [-0.15, -0.1) is 0 Å². The predicted molar refractivity (Wildman–Crippen MR) is 31.7 cm³/mol. The highest BCUT2D eigenvalue weighted by atomic mass is 16.5. The largest absolute Gasteiger partial charge is 0.375 e. The van der Waals surface area contributed by atoms with E-state index in [1.807, 2.05) is 0 Å². The van der Waals surface area contributed by atoms with E-state index in [0.29, 0.717) is 0 Å². The molecule has 1 amide bonds. The Hall–Kier alpha value is -0.610. The van der Waals surface area contributed by atoms with Crippen LogP contribution < -0.4 is 5.32 Å². The topological polar surface area (TPSA) is 58.6 Å². The Kier molecular flexibility index (Phi) is 4.00. The van der Waals surface area contributed by atoms with Crippen LogP contribution in [0.3, 0.4) is 0 Å². The first-order chi connectivity index (χ1) is 4.16. The van der Waals surface area contributed by atoms with Crippen LogP contribution >= 0.6 is 0 Å². The highest BCUT2D eigenvalue weighted by Gasteiger charge is 2.00. The first-order valence-corrected chi connectivity index (χ1v) is 2.63. The first-order valence-electron chi connectivity index (χ1n) is 2.63. The van der Waals surface area contributed by atoms with Gasteiger partial charge in [-0.25, -0.2) is 0 Å². The molecular formula is C5H11NO3.